The van der Waals surface area contributed by atoms with Crippen LogP contribution in [0.2, 0.25) is 0 Å². The zero-order valence-corrected chi connectivity index (χ0v) is 12.3. The van der Waals surface area contributed by atoms with Gasteiger partial charge < -0.3 is 5.73 Å². The SMILES string of the molecule is CC(C)(C)c1ccc(C(N)C2CCC(=O)CC2)cc1. The minimum atomic E-state index is 0.0714. The van der Waals surface area contributed by atoms with Gasteiger partial charge in [-0.3, -0.25) is 4.79 Å². The van der Waals surface area contributed by atoms with Crippen molar-refractivity contribution < 1.29 is 4.79 Å². The highest BCUT2D eigenvalue weighted by Crippen LogP contribution is 2.32. The second-order valence-electron chi connectivity index (χ2n) is 6.77. The summed E-state index contributed by atoms with van der Waals surface area (Å²) >= 11 is 0. The number of carbonyl (C=O) groups is 1. The van der Waals surface area contributed by atoms with Gasteiger partial charge >= 0.3 is 0 Å². The number of hydrogen-bond acceptors (Lipinski definition) is 2. The lowest BCUT2D eigenvalue weighted by atomic mass is 9.80. The van der Waals surface area contributed by atoms with Gasteiger partial charge in [-0.25, -0.2) is 0 Å². The molecule has 2 nitrogen and oxygen atoms in total. The van der Waals surface area contributed by atoms with Crippen LogP contribution in [0.25, 0.3) is 0 Å². The first-order valence-corrected chi connectivity index (χ1v) is 7.25. The maximum atomic E-state index is 11.3. The molecule has 0 aromatic heterocycles. The Kier molecular flexibility index (Phi) is 4.10. The van der Waals surface area contributed by atoms with Crippen LogP contribution in [-0.2, 0) is 10.2 Å². The maximum Gasteiger partial charge on any atom is 0.132 e. The Labute approximate surface area is 116 Å². The smallest absolute Gasteiger partial charge is 0.132 e. The third-order valence-electron chi connectivity index (χ3n) is 4.26. The standard InChI is InChI=1S/C17H25NO/c1-17(2,3)14-8-4-12(5-9-14)16(18)13-6-10-15(19)11-7-13/h4-5,8-9,13,16H,6-7,10-11,18H2,1-3H3. The molecule has 1 aliphatic rings. The zero-order chi connectivity index (χ0) is 14.0. The Balaban J connectivity index is 2.07. The number of nitrogens with two attached hydrogens (primary N) is 1. The Bertz CT molecular complexity index is 431. The molecule has 2 N–H and O–H groups in total. The van der Waals surface area contributed by atoms with E-state index in [2.05, 4.69) is 45.0 Å². The molecular weight excluding hydrogens is 234 g/mol. The molecule has 0 saturated heterocycles. The van der Waals surface area contributed by atoms with Gasteiger partial charge in [0.1, 0.15) is 5.78 Å². The summed E-state index contributed by atoms with van der Waals surface area (Å²) in [5, 5.41) is 0. The lowest BCUT2D eigenvalue weighted by Gasteiger charge is -2.28. The predicted molar refractivity (Wildman–Crippen MR) is 79.0 cm³/mol. The molecule has 104 valence electrons. The fourth-order valence-electron chi connectivity index (χ4n) is 2.80. The summed E-state index contributed by atoms with van der Waals surface area (Å²) in [5.74, 6) is 0.852. The summed E-state index contributed by atoms with van der Waals surface area (Å²) in [6, 6.07) is 8.75. The van der Waals surface area contributed by atoms with Crippen LogP contribution in [0.1, 0.15) is 63.6 Å². The number of rotatable bonds is 2. The van der Waals surface area contributed by atoms with Gasteiger partial charge in [0.05, 0.1) is 0 Å². The molecule has 0 heterocycles. The Morgan fingerprint density at radius 1 is 1.11 bits per heavy atom. The van der Waals surface area contributed by atoms with Gasteiger partial charge in [-0.15, -0.1) is 0 Å². The molecule has 0 radical (unpaired) electrons. The van der Waals surface area contributed by atoms with E-state index in [1.54, 1.807) is 0 Å². The van der Waals surface area contributed by atoms with Crippen molar-refractivity contribution in [3.05, 3.63) is 35.4 Å². The van der Waals surface area contributed by atoms with Crippen LogP contribution in [0.3, 0.4) is 0 Å². The van der Waals surface area contributed by atoms with Crippen molar-refractivity contribution in [1.82, 2.24) is 0 Å². The number of hydrogen-bond donors (Lipinski definition) is 1. The van der Waals surface area contributed by atoms with Gasteiger partial charge in [0.15, 0.2) is 0 Å². The molecule has 1 fully saturated rings. The van der Waals surface area contributed by atoms with Crippen molar-refractivity contribution in [2.24, 2.45) is 11.7 Å². The highest BCUT2D eigenvalue weighted by molar-refractivity contribution is 5.79. The molecule has 2 rings (SSSR count). The number of Topliss-reactive ketones (excluding diaryl/α,β-unsaturated/α-hetero) is 1. The maximum absolute atomic E-state index is 11.3. The molecule has 1 saturated carbocycles. The van der Waals surface area contributed by atoms with Crippen LogP contribution < -0.4 is 5.73 Å². The second-order valence-corrected chi connectivity index (χ2v) is 6.77. The molecule has 1 unspecified atom stereocenters. The van der Waals surface area contributed by atoms with Gasteiger partial charge in [0.2, 0.25) is 0 Å². The number of ketones is 1. The van der Waals surface area contributed by atoms with Crippen LogP contribution in [0, 0.1) is 5.92 Å². The van der Waals surface area contributed by atoms with Crippen LogP contribution in [0.15, 0.2) is 24.3 Å². The van der Waals surface area contributed by atoms with Crippen LogP contribution in [0.5, 0.6) is 0 Å². The molecule has 1 atom stereocenters. The van der Waals surface area contributed by atoms with E-state index in [-0.39, 0.29) is 11.5 Å². The largest absolute Gasteiger partial charge is 0.324 e. The molecule has 1 aliphatic carbocycles. The average Bonchev–Trinajstić information content (AvgIpc) is 2.38. The minimum absolute atomic E-state index is 0.0714. The van der Waals surface area contributed by atoms with Gasteiger partial charge in [-0.1, -0.05) is 45.0 Å². The first kappa shape index (κ1) is 14.3. The van der Waals surface area contributed by atoms with Crippen molar-refractivity contribution >= 4 is 5.78 Å². The fourth-order valence-corrected chi connectivity index (χ4v) is 2.80. The second kappa shape index (κ2) is 5.46. The predicted octanol–water partition coefficient (Wildman–Crippen LogP) is 3.74. The van der Waals surface area contributed by atoms with Crippen molar-refractivity contribution in [3.63, 3.8) is 0 Å². The molecule has 1 aromatic rings. The van der Waals surface area contributed by atoms with Gasteiger partial charge in [0.25, 0.3) is 0 Å². The van der Waals surface area contributed by atoms with E-state index in [1.165, 1.54) is 11.1 Å². The Morgan fingerprint density at radius 3 is 2.11 bits per heavy atom. The number of benzene rings is 1. The fraction of sp³-hybridized carbons (Fsp3) is 0.588. The lowest BCUT2D eigenvalue weighted by molar-refractivity contribution is -0.121. The Hall–Kier alpha value is -1.15. The van der Waals surface area contributed by atoms with Crippen molar-refractivity contribution in [2.45, 2.75) is 57.9 Å². The molecule has 0 spiro atoms. The lowest BCUT2D eigenvalue weighted by Crippen LogP contribution is -2.26. The Morgan fingerprint density at radius 2 is 1.63 bits per heavy atom. The quantitative estimate of drug-likeness (QED) is 0.879. The summed E-state index contributed by atoms with van der Waals surface area (Å²) in [6.07, 6.45) is 3.30. The van der Waals surface area contributed by atoms with E-state index in [4.69, 9.17) is 5.73 Å². The first-order valence-electron chi connectivity index (χ1n) is 7.25. The molecule has 0 aliphatic heterocycles. The summed E-state index contributed by atoms with van der Waals surface area (Å²) in [6.45, 7) is 6.65. The van der Waals surface area contributed by atoms with E-state index < -0.39 is 0 Å². The average molecular weight is 259 g/mol. The minimum Gasteiger partial charge on any atom is -0.324 e. The highest BCUT2D eigenvalue weighted by Gasteiger charge is 2.25. The van der Waals surface area contributed by atoms with Crippen LogP contribution in [-0.4, -0.2) is 5.78 Å². The molecule has 0 amide bonds. The van der Waals surface area contributed by atoms with Crippen molar-refractivity contribution in [3.8, 4) is 0 Å². The molecule has 19 heavy (non-hydrogen) atoms. The molecule has 0 bridgehead atoms. The van der Waals surface area contributed by atoms with E-state index >= 15 is 0 Å². The van der Waals surface area contributed by atoms with E-state index in [1.807, 2.05) is 0 Å². The first-order chi connectivity index (χ1) is 8.88. The van der Waals surface area contributed by atoms with E-state index in [0.717, 1.165) is 12.8 Å². The van der Waals surface area contributed by atoms with Crippen LogP contribution in [0.4, 0.5) is 0 Å². The van der Waals surface area contributed by atoms with Gasteiger partial charge in [-0.2, -0.15) is 0 Å². The summed E-state index contributed by atoms with van der Waals surface area (Å²) in [5.41, 5.74) is 9.08. The number of carbonyl (C=O) groups excluding carboxylic acids is 1. The zero-order valence-electron chi connectivity index (χ0n) is 12.3. The van der Waals surface area contributed by atoms with Crippen molar-refractivity contribution in [1.29, 1.82) is 0 Å². The molecule has 1 aromatic carbocycles. The van der Waals surface area contributed by atoms with Gasteiger partial charge in [-0.05, 0) is 35.3 Å². The van der Waals surface area contributed by atoms with Crippen LogP contribution >= 0.6 is 0 Å². The topological polar surface area (TPSA) is 43.1 Å². The summed E-state index contributed by atoms with van der Waals surface area (Å²) in [4.78, 5) is 11.3. The van der Waals surface area contributed by atoms with E-state index in [9.17, 15) is 4.79 Å². The third-order valence-corrected chi connectivity index (χ3v) is 4.26. The van der Waals surface area contributed by atoms with E-state index in [0.29, 0.717) is 24.5 Å². The summed E-state index contributed by atoms with van der Waals surface area (Å²) < 4.78 is 0. The monoisotopic (exact) mass is 259 g/mol. The van der Waals surface area contributed by atoms with Crippen molar-refractivity contribution in [2.75, 3.05) is 0 Å². The molecule has 2 heteroatoms. The molecular formula is C17H25NO. The normalized spacial score (nSPS) is 19.5. The third kappa shape index (κ3) is 3.44. The summed E-state index contributed by atoms with van der Waals surface area (Å²) in [7, 11) is 0. The highest BCUT2D eigenvalue weighted by atomic mass is 16.1. The van der Waals surface area contributed by atoms with Gasteiger partial charge in [0, 0.05) is 18.9 Å².